The fraction of sp³-hybridized carbons (Fsp3) is 0.0588. The van der Waals surface area contributed by atoms with Crippen molar-refractivity contribution in [3.8, 4) is 0 Å². The minimum absolute atomic E-state index is 0.0354. The van der Waals surface area contributed by atoms with Crippen LogP contribution >= 0.6 is 0 Å². The van der Waals surface area contributed by atoms with Crippen molar-refractivity contribution in [1.82, 2.24) is 0 Å². The molecule has 3 nitrogen and oxygen atoms in total. The van der Waals surface area contributed by atoms with Crippen molar-refractivity contribution in [3.63, 3.8) is 0 Å². The van der Waals surface area contributed by atoms with E-state index >= 15 is 0 Å². The van der Waals surface area contributed by atoms with E-state index in [0.29, 0.717) is 5.39 Å². The third-order valence-electron chi connectivity index (χ3n) is 3.36. The first-order chi connectivity index (χ1) is 10.1. The lowest BCUT2D eigenvalue weighted by molar-refractivity contribution is 0.358. The minimum Gasteiger partial charge on any atom is -0.262 e. The molecule has 0 saturated heterocycles. The van der Waals surface area contributed by atoms with Gasteiger partial charge in [0, 0.05) is 5.39 Å². The van der Waals surface area contributed by atoms with Crippen molar-refractivity contribution in [2.75, 3.05) is 6.61 Å². The van der Waals surface area contributed by atoms with Crippen LogP contribution in [-0.4, -0.2) is 15.0 Å². The van der Waals surface area contributed by atoms with Crippen molar-refractivity contribution < 1.29 is 12.6 Å². The maximum Gasteiger partial charge on any atom is 0.297 e. The van der Waals surface area contributed by atoms with Crippen LogP contribution in [0.2, 0.25) is 0 Å². The summed E-state index contributed by atoms with van der Waals surface area (Å²) in [6.07, 6.45) is 1.41. The fourth-order valence-electron chi connectivity index (χ4n) is 2.43. The molecule has 0 radical (unpaired) electrons. The summed E-state index contributed by atoms with van der Waals surface area (Å²) in [5.74, 6) is 0. The zero-order valence-corrected chi connectivity index (χ0v) is 12.1. The molecule has 0 aliphatic carbocycles. The second kappa shape index (κ2) is 5.31. The van der Waals surface area contributed by atoms with Gasteiger partial charge < -0.3 is 0 Å². The summed E-state index contributed by atoms with van der Waals surface area (Å²) in [5.41, 5.74) is 0. The van der Waals surface area contributed by atoms with Gasteiger partial charge in [0.05, 0.1) is 6.61 Å². The molecule has 4 heteroatoms. The van der Waals surface area contributed by atoms with E-state index in [9.17, 15) is 8.42 Å². The first-order valence-corrected chi connectivity index (χ1v) is 7.95. The Kier molecular flexibility index (Phi) is 3.49. The summed E-state index contributed by atoms with van der Waals surface area (Å²) < 4.78 is 29.5. The van der Waals surface area contributed by atoms with E-state index in [0.717, 1.165) is 16.2 Å². The number of hydrogen-bond acceptors (Lipinski definition) is 3. The highest BCUT2D eigenvalue weighted by Crippen LogP contribution is 2.30. The maximum absolute atomic E-state index is 12.3. The SMILES string of the molecule is C=CCOS(=O)(=O)c1cccc2c1ccc1ccccc12. The molecule has 0 unspecified atom stereocenters. The van der Waals surface area contributed by atoms with Crippen molar-refractivity contribution in [2.24, 2.45) is 0 Å². The van der Waals surface area contributed by atoms with Gasteiger partial charge in [-0.25, -0.2) is 0 Å². The van der Waals surface area contributed by atoms with Gasteiger partial charge in [0.15, 0.2) is 0 Å². The lowest BCUT2D eigenvalue weighted by Gasteiger charge is -2.09. The second-order valence-electron chi connectivity index (χ2n) is 4.67. The third-order valence-corrected chi connectivity index (χ3v) is 4.70. The molecule has 0 bridgehead atoms. The molecular formula is C17H14O3S. The Morgan fingerprint density at radius 2 is 1.67 bits per heavy atom. The van der Waals surface area contributed by atoms with Crippen LogP contribution in [0.3, 0.4) is 0 Å². The predicted octanol–water partition coefficient (Wildman–Crippen LogP) is 3.88. The van der Waals surface area contributed by atoms with E-state index in [1.807, 2.05) is 42.5 Å². The number of benzene rings is 3. The van der Waals surface area contributed by atoms with Gasteiger partial charge in [-0.1, -0.05) is 54.6 Å². The Bertz CT molecular complexity index is 927. The highest BCUT2D eigenvalue weighted by molar-refractivity contribution is 7.87. The molecule has 0 aliphatic rings. The van der Waals surface area contributed by atoms with Gasteiger partial charge in [0.1, 0.15) is 4.90 Å². The van der Waals surface area contributed by atoms with Gasteiger partial charge in [-0.2, -0.15) is 8.42 Å². The largest absolute Gasteiger partial charge is 0.297 e. The average Bonchev–Trinajstić information content (AvgIpc) is 2.52. The fourth-order valence-corrected chi connectivity index (χ4v) is 3.53. The van der Waals surface area contributed by atoms with Gasteiger partial charge in [-0.05, 0) is 22.2 Å². The van der Waals surface area contributed by atoms with E-state index in [4.69, 9.17) is 4.18 Å². The van der Waals surface area contributed by atoms with Crippen LogP contribution in [0, 0.1) is 0 Å². The Morgan fingerprint density at radius 1 is 0.905 bits per heavy atom. The van der Waals surface area contributed by atoms with Crippen LogP contribution in [0.4, 0.5) is 0 Å². The van der Waals surface area contributed by atoms with Crippen LogP contribution in [0.25, 0.3) is 21.5 Å². The lowest BCUT2D eigenvalue weighted by atomic mass is 10.0. The molecule has 0 saturated carbocycles. The summed E-state index contributed by atoms with van der Waals surface area (Å²) in [4.78, 5) is 0.188. The van der Waals surface area contributed by atoms with E-state index in [1.54, 1.807) is 12.1 Å². The van der Waals surface area contributed by atoms with Gasteiger partial charge >= 0.3 is 0 Å². The molecule has 0 aromatic heterocycles. The Balaban J connectivity index is 2.31. The van der Waals surface area contributed by atoms with E-state index < -0.39 is 10.1 Å². The maximum atomic E-state index is 12.3. The molecule has 21 heavy (non-hydrogen) atoms. The molecule has 3 aromatic carbocycles. The van der Waals surface area contributed by atoms with Crippen LogP contribution in [0.5, 0.6) is 0 Å². The molecule has 0 atom stereocenters. The molecule has 106 valence electrons. The summed E-state index contributed by atoms with van der Waals surface area (Å²) >= 11 is 0. The van der Waals surface area contributed by atoms with Crippen LogP contribution in [0.1, 0.15) is 0 Å². The van der Waals surface area contributed by atoms with Crippen LogP contribution in [0.15, 0.2) is 72.1 Å². The Labute approximate surface area is 123 Å². The molecule has 0 N–H and O–H groups in total. The summed E-state index contributed by atoms with van der Waals surface area (Å²) in [7, 11) is -3.79. The zero-order valence-electron chi connectivity index (χ0n) is 11.3. The quantitative estimate of drug-likeness (QED) is 0.417. The lowest BCUT2D eigenvalue weighted by Crippen LogP contribution is -2.07. The number of hydrogen-bond donors (Lipinski definition) is 0. The smallest absolute Gasteiger partial charge is 0.262 e. The van der Waals surface area contributed by atoms with Crippen molar-refractivity contribution in [3.05, 3.63) is 67.3 Å². The Hall–Kier alpha value is -2.17. The van der Waals surface area contributed by atoms with Gasteiger partial charge in [0.25, 0.3) is 10.1 Å². The topological polar surface area (TPSA) is 43.4 Å². The average molecular weight is 298 g/mol. The van der Waals surface area contributed by atoms with E-state index in [2.05, 4.69) is 6.58 Å². The monoisotopic (exact) mass is 298 g/mol. The summed E-state index contributed by atoms with van der Waals surface area (Å²) in [6, 6.07) is 16.9. The standard InChI is InChI=1S/C17H14O3S/c1-2-12-20-21(18,19)17-9-5-8-15-14-7-4-3-6-13(14)10-11-16(15)17/h2-11H,1,12H2. The molecule has 3 aromatic rings. The highest BCUT2D eigenvalue weighted by atomic mass is 32.2. The number of rotatable bonds is 4. The molecule has 0 fully saturated rings. The second-order valence-corrected chi connectivity index (χ2v) is 6.25. The molecule has 0 heterocycles. The first-order valence-electron chi connectivity index (χ1n) is 6.54. The normalized spacial score (nSPS) is 11.8. The van der Waals surface area contributed by atoms with Gasteiger partial charge in [-0.15, -0.1) is 6.58 Å². The predicted molar refractivity (Wildman–Crippen MR) is 84.8 cm³/mol. The zero-order chi connectivity index (χ0) is 14.9. The Morgan fingerprint density at radius 3 is 2.48 bits per heavy atom. The van der Waals surface area contributed by atoms with E-state index in [1.165, 1.54) is 6.08 Å². The highest BCUT2D eigenvalue weighted by Gasteiger charge is 2.18. The van der Waals surface area contributed by atoms with Crippen molar-refractivity contribution >= 4 is 31.7 Å². The molecule has 0 aliphatic heterocycles. The summed E-state index contributed by atoms with van der Waals surface area (Å²) in [5, 5.41) is 3.67. The van der Waals surface area contributed by atoms with Crippen LogP contribution < -0.4 is 0 Å². The summed E-state index contributed by atoms with van der Waals surface area (Å²) in [6.45, 7) is 3.44. The van der Waals surface area contributed by atoms with Gasteiger partial charge in [-0.3, -0.25) is 4.18 Å². The molecule has 3 rings (SSSR count). The minimum atomic E-state index is -3.79. The van der Waals surface area contributed by atoms with Crippen molar-refractivity contribution in [2.45, 2.75) is 4.90 Å². The van der Waals surface area contributed by atoms with Gasteiger partial charge in [0.2, 0.25) is 0 Å². The molecular weight excluding hydrogens is 284 g/mol. The van der Waals surface area contributed by atoms with Crippen molar-refractivity contribution in [1.29, 1.82) is 0 Å². The van der Waals surface area contributed by atoms with Crippen LogP contribution in [-0.2, 0) is 14.3 Å². The first kappa shape index (κ1) is 13.8. The molecule has 0 spiro atoms. The number of fused-ring (bicyclic) bond motifs is 3. The third kappa shape index (κ3) is 2.44. The van der Waals surface area contributed by atoms with E-state index in [-0.39, 0.29) is 11.5 Å². The molecule has 0 amide bonds.